The third kappa shape index (κ3) is 9.57. The van der Waals surface area contributed by atoms with Gasteiger partial charge in [0.05, 0.1) is 26.0 Å². The standard InChI is InChI=1S/C22H30N6O7.C2HF3O2/c1-35-20(32)13-17-22(34)27(14-19(30)31)10-11-28(17)21(33)16(23)12-18(29)26-8-6-25(7-9-26)15-2-4-24-5-3-15;3-2(4,5)1(6)7/h2-5,16-17H,6-14,23H2,1H3,(H,30,31);(H,6,7)/t16-,17+;/m0./s1. The number of pyridine rings is 1. The lowest BCUT2D eigenvalue weighted by molar-refractivity contribution is -0.192. The first-order valence-corrected chi connectivity index (χ1v) is 12.5. The molecular weight excluding hydrogens is 573 g/mol. The van der Waals surface area contributed by atoms with Crippen molar-refractivity contribution < 1.29 is 56.9 Å². The molecule has 0 aliphatic carbocycles. The van der Waals surface area contributed by atoms with E-state index in [0.717, 1.165) is 22.6 Å². The van der Waals surface area contributed by atoms with Gasteiger partial charge in [-0.15, -0.1) is 0 Å². The zero-order valence-corrected chi connectivity index (χ0v) is 22.5. The maximum Gasteiger partial charge on any atom is 0.490 e. The topological polar surface area (TPSA) is 204 Å². The number of carbonyl (C=O) groups is 6. The number of amides is 3. The van der Waals surface area contributed by atoms with Gasteiger partial charge in [-0.05, 0) is 12.1 Å². The van der Waals surface area contributed by atoms with Crippen molar-refractivity contribution in [3.05, 3.63) is 24.5 Å². The molecule has 232 valence electrons. The number of hydrogen-bond donors (Lipinski definition) is 3. The Bertz CT molecular complexity index is 1150. The van der Waals surface area contributed by atoms with Gasteiger partial charge in [0.2, 0.25) is 17.7 Å². The number of hydrogen-bond acceptors (Lipinski definition) is 10. The van der Waals surface area contributed by atoms with Crippen LogP contribution >= 0.6 is 0 Å². The summed E-state index contributed by atoms with van der Waals surface area (Å²) in [6.45, 7) is 1.62. The number of esters is 1. The van der Waals surface area contributed by atoms with E-state index in [1.807, 2.05) is 12.1 Å². The van der Waals surface area contributed by atoms with E-state index in [2.05, 4.69) is 14.6 Å². The molecule has 4 N–H and O–H groups in total. The maximum absolute atomic E-state index is 13.1. The maximum atomic E-state index is 13.1. The van der Waals surface area contributed by atoms with E-state index in [9.17, 15) is 37.1 Å². The molecule has 0 aromatic carbocycles. The SMILES string of the molecule is COC(=O)C[C@@H]1C(=O)N(CC(=O)O)CCN1C(=O)[C@@H](N)CC(=O)N1CCN(c2ccncc2)CC1.O=C(O)C(F)(F)F. The minimum atomic E-state index is -5.08. The first-order chi connectivity index (χ1) is 19.6. The number of methoxy groups -OCH3 is 1. The van der Waals surface area contributed by atoms with Crippen LogP contribution in [-0.4, -0.2) is 137 Å². The molecule has 2 aliphatic rings. The molecule has 3 amide bonds. The number of carboxylic acids is 2. The molecule has 15 nitrogen and oxygen atoms in total. The highest BCUT2D eigenvalue weighted by atomic mass is 19.4. The summed E-state index contributed by atoms with van der Waals surface area (Å²) < 4.78 is 36.4. The number of nitrogens with zero attached hydrogens (tertiary/aromatic N) is 5. The Labute approximate surface area is 237 Å². The lowest BCUT2D eigenvalue weighted by Crippen LogP contribution is -2.62. The van der Waals surface area contributed by atoms with Crippen molar-refractivity contribution in [1.29, 1.82) is 0 Å². The van der Waals surface area contributed by atoms with Gasteiger partial charge < -0.3 is 40.3 Å². The Morgan fingerprint density at radius 3 is 2.12 bits per heavy atom. The Balaban J connectivity index is 0.000000782. The van der Waals surface area contributed by atoms with Gasteiger partial charge in [0, 0.05) is 57.3 Å². The van der Waals surface area contributed by atoms with Crippen molar-refractivity contribution >= 4 is 41.3 Å². The highest BCUT2D eigenvalue weighted by molar-refractivity contribution is 5.96. The van der Waals surface area contributed by atoms with Crippen molar-refractivity contribution in [2.45, 2.75) is 31.1 Å². The van der Waals surface area contributed by atoms with Gasteiger partial charge in [-0.3, -0.25) is 29.0 Å². The van der Waals surface area contributed by atoms with E-state index in [4.69, 9.17) is 20.7 Å². The number of piperazine rings is 2. The summed E-state index contributed by atoms with van der Waals surface area (Å²) in [5.41, 5.74) is 7.09. The highest BCUT2D eigenvalue weighted by Crippen LogP contribution is 2.19. The van der Waals surface area contributed by atoms with Crippen LogP contribution in [0.5, 0.6) is 0 Å². The van der Waals surface area contributed by atoms with Crippen molar-refractivity contribution in [2.75, 3.05) is 57.8 Å². The van der Waals surface area contributed by atoms with E-state index in [-0.39, 0.29) is 25.4 Å². The van der Waals surface area contributed by atoms with Crippen LogP contribution in [0.3, 0.4) is 0 Å². The van der Waals surface area contributed by atoms with E-state index in [0.29, 0.717) is 26.2 Å². The Morgan fingerprint density at radius 1 is 1.05 bits per heavy atom. The monoisotopic (exact) mass is 604 g/mol. The lowest BCUT2D eigenvalue weighted by Gasteiger charge is -2.41. The Kier molecular flexibility index (Phi) is 12.0. The summed E-state index contributed by atoms with van der Waals surface area (Å²) in [6, 6.07) is 1.34. The summed E-state index contributed by atoms with van der Waals surface area (Å²) in [6.07, 6.45) is -2.36. The van der Waals surface area contributed by atoms with E-state index >= 15 is 0 Å². The van der Waals surface area contributed by atoms with Crippen LogP contribution in [0.4, 0.5) is 18.9 Å². The van der Waals surface area contributed by atoms with Gasteiger partial charge in [-0.25, -0.2) is 4.79 Å². The quantitative estimate of drug-likeness (QED) is 0.299. The molecule has 42 heavy (non-hydrogen) atoms. The number of alkyl halides is 3. The fourth-order valence-corrected chi connectivity index (χ4v) is 4.25. The average Bonchev–Trinajstić information content (AvgIpc) is 2.94. The third-order valence-electron chi connectivity index (χ3n) is 6.40. The zero-order chi connectivity index (χ0) is 31.6. The van der Waals surface area contributed by atoms with Crippen LogP contribution < -0.4 is 10.6 Å². The van der Waals surface area contributed by atoms with E-state index in [1.165, 1.54) is 0 Å². The number of anilines is 1. The van der Waals surface area contributed by atoms with Crippen LogP contribution in [0.2, 0.25) is 0 Å². The molecule has 1 aromatic heterocycles. The van der Waals surface area contributed by atoms with Crippen molar-refractivity contribution in [3.63, 3.8) is 0 Å². The summed E-state index contributed by atoms with van der Waals surface area (Å²) in [5.74, 6) is -6.29. The number of ether oxygens (including phenoxy) is 1. The smallest absolute Gasteiger partial charge is 0.480 e. The summed E-state index contributed by atoms with van der Waals surface area (Å²) in [5, 5.41) is 16.2. The first-order valence-electron chi connectivity index (χ1n) is 12.5. The van der Waals surface area contributed by atoms with E-state index in [1.54, 1.807) is 17.3 Å². The van der Waals surface area contributed by atoms with Gasteiger partial charge in [0.15, 0.2) is 0 Å². The second-order valence-corrected chi connectivity index (χ2v) is 9.17. The summed E-state index contributed by atoms with van der Waals surface area (Å²) >= 11 is 0. The molecular formula is C24H31F3N6O9. The minimum Gasteiger partial charge on any atom is -0.480 e. The number of carbonyl (C=O) groups excluding carboxylic acids is 4. The minimum absolute atomic E-state index is 0.00792. The number of nitrogens with two attached hydrogens (primary N) is 1. The lowest BCUT2D eigenvalue weighted by atomic mass is 10.0. The predicted octanol–water partition coefficient (Wildman–Crippen LogP) is -1.23. The second kappa shape index (κ2) is 14.9. The molecule has 0 unspecified atom stereocenters. The van der Waals surface area contributed by atoms with Crippen molar-refractivity contribution in [2.24, 2.45) is 5.73 Å². The van der Waals surface area contributed by atoms with Crippen LogP contribution in [-0.2, 0) is 33.5 Å². The van der Waals surface area contributed by atoms with Crippen LogP contribution in [0.15, 0.2) is 24.5 Å². The Morgan fingerprint density at radius 2 is 1.62 bits per heavy atom. The van der Waals surface area contributed by atoms with Gasteiger partial charge >= 0.3 is 24.1 Å². The number of halogens is 3. The van der Waals surface area contributed by atoms with Gasteiger partial charge in [0.25, 0.3) is 0 Å². The summed E-state index contributed by atoms with van der Waals surface area (Å²) in [7, 11) is 1.15. The largest absolute Gasteiger partial charge is 0.490 e. The van der Waals surface area contributed by atoms with Crippen molar-refractivity contribution in [1.82, 2.24) is 19.7 Å². The molecule has 2 aliphatic heterocycles. The Hall–Kier alpha value is -4.48. The van der Waals surface area contributed by atoms with Crippen molar-refractivity contribution in [3.8, 4) is 0 Å². The number of carboxylic acid groups (broad SMARTS) is 2. The fraction of sp³-hybridized carbons (Fsp3) is 0.542. The fourth-order valence-electron chi connectivity index (χ4n) is 4.25. The molecule has 18 heteroatoms. The third-order valence-corrected chi connectivity index (χ3v) is 6.40. The second-order valence-electron chi connectivity index (χ2n) is 9.17. The average molecular weight is 605 g/mol. The molecule has 3 heterocycles. The molecule has 3 rings (SSSR count). The van der Waals surface area contributed by atoms with E-state index < -0.39 is 60.9 Å². The van der Waals surface area contributed by atoms with Gasteiger partial charge in [-0.1, -0.05) is 0 Å². The van der Waals surface area contributed by atoms with Gasteiger partial charge in [-0.2, -0.15) is 13.2 Å². The molecule has 2 saturated heterocycles. The molecule has 0 bridgehead atoms. The normalized spacial score (nSPS) is 18.0. The molecule has 2 fully saturated rings. The number of rotatable bonds is 8. The van der Waals surface area contributed by atoms with Crippen LogP contribution in [0, 0.1) is 0 Å². The molecule has 1 aromatic rings. The molecule has 0 spiro atoms. The highest BCUT2D eigenvalue weighted by Gasteiger charge is 2.41. The summed E-state index contributed by atoms with van der Waals surface area (Å²) in [4.78, 5) is 80.5. The van der Waals surface area contributed by atoms with Crippen LogP contribution in [0.25, 0.3) is 0 Å². The predicted molar refractivity (Wildman–Crippen MR) is 136 cm³/mol. The molecule has 0 saturated carbocycles. The first kappa shape index (κ1) is 33.7. The number of aliphatic carboxylic acids is 2. The zero-order valence-electron chi connectivity index (χ0n) is 22.5. The number of aromatic nitrogens is 1. The molecule has 2 atom stereocenters. The van der Waals surface area contributed by atoms with Crippen LogP contribution in [0.1, 0.15) is 12.8 Å². The van der Waals surface area contributed by atoms with Gasteiger partial charge in [0.1, 0.15) is 12.6 Å². The molecule has 0 radical (unpaired) electrons.